The minimum absolute atomic E-state index is 0.0540. The zero-order valence-corrected chi connectivity index (χ0v) is 18.5. The number of carbonyl (C=O) groups is 2. The number of nitrogens with zero attached hydrogens (tertiary/aromatic N) is 4. The molecule has 2 aromatic carbocycles. The number of benzene rings is 2. The van der Waals surface area contributed by atoms with E-state index in [2.05, 4.69) is 10.6 Å². The molecule has 0 radical (unpaired) electrons. The van der Waals surface area contributed by atoms with Gasteiger partial charge in [-0.2, -0.15) is 0 Å². The molecule has 1 aromatic heterocycles. The van der Waals surface area contributed by atoms with Gasteiger partial charge in [-0.05, 0) is 30.5 Å². The van der Waals surface area contributed by atoms with E-state index in [9.17, 15) is 9.59 Å². The third-order valence-corrected chi connectivity index (χ3v) is 6.79. The minimum atomic E-state index is -0.709. The number of hydrogen-bond donors (Lipinski definition) is 0. The Bertz CT molecular complexity index is 1140. The maximum absolute atomic E-state index is 13.7. The van der Waals surface area contributed by atoms with Crippen molar-refractivity contribution in [3.63, 3.8) is 0 Å². The zero-order valence-electron chi connectivity index (χ0n) is 18.5. The van der Waals surface area contributed by atoms with Crippen LogP contribution in [-0.2, 0) is 21.4 Å². The highest BCUT2D eigenvalue weighted by molar-refractivity contribution is 5.86. The molecule has 32 heavy (non-hydrogen) atoms. The number of carbonyl (C=O) groups excluding carboxylic acids is 2. The molecule has 0 spiro atoms. The van der Waals surface area contributed by atoms with Crippen LogP contribution >= 0.6 is 0 Å². The van der Waals surface area contributed by atoms with Gasteiger partial charge in [0.15, 0.2) is 6.10 Å². The Labute approximate surface area is 187 Å². The first-order chi connectivity index (χ1) is 15.5. The van der Waals surface area contributed by atoms with Crippen molar-refractivity contribution in [3.05, 3.63) is 66.0 Å². The molecule has 0 bridgehead atoms. The molecule has 3 aromatic rings. The first-order valence-electron chi connectivity index (χ1n) is 11.2. The van der Waals surface area contributed by atoms with Crippen LogP contribution in [0.15, 0.2) is 54.6 Å². The SMILES string of the molecule is CN1C(=O)COC(C(=O)N2CCCC(c3nc4ccccc4n3C)C2)C1c1ccccc1. The van der Waals surface area contributed by atoms with Gasteiger partial charge in [0.25, 0.3) is 5.91 Å². The monoisotopic (exact) mass is 432 g/mol. The molecule has 7 heteroatoms. The van der Waals surface area contributed by atoms with E-state index in [-0.39, 0.29) is 24.3 Å². The largest absolute Gasteiger partial charge is 0.356 e. The number of likely N-dealkylation sites (N-methyl/N-ethyl adjacent to an activating group) is 1. The summed E-state index contributed by atoms with van der Waals surface area (Å²) in [6, 6.07) is 17.4. The van der Waals surface area contributed by atoms with Crippen LogP contribution in [0.4, 0.5) is 0 Å². The van der Waals surface area contributed by atoms with E-state index in [1.54, 1.807) is 11.9 Å². The Morgan fingerprint density at radius 3 is 2.59 bits per heavy atom. The number of morpholine rings is 1. The molecular weight excluding hydrogens is 404 g/mol. The van der Waals surface area contributed by atoms with Gasteiger partial charge in [-0.1, -0.05) is 42.5 Å². The molecule has 0 aliphatic carbocycles. The van der Waals surface area contributed by atoms with Crippen LogP contribution < -0.4 is 0 Å². The molecule has 3 unspecified atom stereocenters. The highest BCUT2D eigenvalue weighted by atomic mass is 16.5. The number of rotatable bonds is 3. The number of ether oxygens (including phenoxy) is 1. The van der Waals surface area contributed by atoms with E-state index < -0.39 is 12.1 Å². The summed E-state index contributed by atoms with van der Waals surface area (Å²) in [6.45, 7) is 1.23. The highest BCUT2D eigenvalue weighted by Gasteiger charge is 2.42. The molecule has 0 saturated carbocycles. The Balaban J connectivity index is 1.40. The molecule has 2 saturated heterocycles. The van der Waals surface area contributed by atoms with Crippen molar-refractivity contribution < 1.29 is 14.3 Å². The first kappa shape index (κ1) is 20.7. The molecule has 2 aliphatic heterocycles. The fraction of sp³-hybridized carbons (Fsp3) is 0.400. The van der Waals surface area contributed by atoms with Gasteiger partial charge in [0, 0.05) is 33.1 Å². The van der Waals surface area contributed by atoms with Gasteiger partial charge in [0.1, 0.15) is 12.4 Å². The summed E-state index contributed by atoms with van der Waals surface area (Å²) < 4.78 is 8.00. The van der Waals surface area contributed by atoms with E-state index in [1.807, 2.05) is 60.5 Å². The molecule has 2 aliphatic rings. The van der Waals surface area contributed by atoms with Crippen LogP contribution in [0.25, 0.3) is 11.0 Å². The first-order valence-corrected chi connectivity index (χ1v) is 11.2. The predicted octanol–water partition coefficient (Wildman–Crippen LogP) is 2.88. The molecule has 2 amide bonds. The van der Waals surface area contributed by atoms with E-state index in [4.69, 9.17) is 9.72 Å². The normalized spacial score (nSPS) is 24.2. The van der Waals surface area contributed by atoms with Crippen molar-refractivity contribution in [2.45, 2.75) is 30.9 Å². The lowest BCUT2D eigenvalue weighted by molar-refractivity contribution is -0.168. The maximum Gasteiger partial charge on any atom is 0.254 e. The summed E-state index contributed by atoms with van der Waals surface area (Å²) in [4.78, 5) is 34.4. The summed E-state index contributed by atoms with van der Waals surface area (Å²) in [5.74, 6) is 1.02. The Morgan fingerprint density at radius 1 is 1.06 bits per heavy atom. The number of amides is 2. The zero-order chi connectivity index (χ0) is 22.2. The average molecular weight is 433 g/mol. The van der Waals surface area contributed by atoms with E-state index in [0.29, 0.717) is 13.1 Å². The van der Waals surface area contributed by atoms with Crippen molar-refractivity contribution in [3.8, 4) is 0 Å². The van der Waals surface area contributed by atoms with Gasteiger partial charge in [0.05, 0.1) is 17.1 Å². The van der Waals surface area contributed by atoms with E-state index >= 15 is 0 Å². The fourth-order valence-corrected chi connectivity index (χ4v) is 5.06. The molecule has 3 atom stereocenters. The Kier molecular flexibility index (Phi) is 5.43. The number of aromatic nitrogens is 2. The van der Waals surface area contributed by atoms with E-state index in [0.717, 1.165) is 35.3 Å². The quantitative estimate of drug-likeness (QED) is 0.638. The number of aryl methyl sites for hydroxylation is 1. The van der Waals surface area contributed by atoms with Crippen LogP contribution in [0, 0.1) is 0 Å². The van der Waals surface area contributed by atoms with Gasteiger partial charge >= 0.3 is 0 Å². The third kappa shape index (κ3) is 3.56. The van der Waals surface area contributed by atoms with Crippen molar-refractivity contribution in [1.82, 2.24) is 19.4 Å². The molecule has 2 fully saturated rings. The number of para-hydroxylation sites is 2. The average Bonchev–Trinajstić information content (AvgIpc) is 3.17. The summed E-state index contributed by atoms with van der Waals surface area (Å²) in [5.41, 5.74) is 2.99. The second kappa shape index (κ2) is 8.39. The van der Waals surface area contributed by atoms with Crippen molar-refractivity contribution in [1.29, 1.82) is 0 Å². The number of hydrogen-bond acceptors (Lipinski definition) is 4. The second-order valence-corrected chi connectivity index (χ2v) is 8.73. The molecule has 5 rings (SSSR count). The lowest BCUT2D eigenvalue weighted by Crippen LogP contribution is -2.55. The van der Waals surface area contributed by atoms with Crippen molar-refractivity contribution >= 4 is 22.8 Å². The number of imidazole rings is 1. The van der Waals surface area contributed by atoms with Crippen LogP contribution in [0.2, 0.25) is 0 Å². The summed E-state index contributed by atoms with van der Waals surface area (Å²) >= 11 is 0. The van der Waals surface area contributed by atoms with Crippen LogP contribution in [0.1, 0.15) is 36.2 Å². The highest BCUT2D eigenvalue weighted by Crippen LogP contribution is 2.33. The lowest BCUT2D eigenvalue weighted by Gasteiger charge is -2.41. The number of likely N-dealkylation sites (tertiary alicyclic amines) is 1. The van der Waals surface area contributed by atoms with Gasteiger partial charge in [0.2, 0.25) is 5.91 Å². The number of fused-ring (bicyclic) bond motifs is 1. The predicted molar refractivity (Wildman–Crippen MR) is 121 cm³/mol. The summed E-state index contributed by atoms with van der Waals surface area (Å²) in [6.07, 6.45) is 1.20. The van der Waals surface area contributed by atoms with Gasteiger partial charge in [-0.25, -0.2) is 4.98 Å². The smallest absolute Gasteiger partial charge is 0.254 e. The Hall–Kier alpha value is -3.19. The maximum atomic E-state index is 13.7. The Morgan fingerprint density at radius 2 is 1.81 bits per heavy atom. The van der Waals surface area contributed by atoms with Gasteiger partial charge in [-0.15, -0.1) is 0 Å². The molecule has 0 N–H and O–H groups in total. The molecular formula is C25H28N4O3. The van der Waals surface area contributed by atoms with Crippen LogP contribution in [0.5, 0.6) is 0 Å². The standard InChI is InChI=1S/C25H28N4O3/c1-27-20-13-7-6-12-19(20)26-24(27)18-11-8-14-29(15-18)25(31)23-22(17-9-4-3-5-10-17)28(2)21(30)16-32-23/h3-7,9-10,12-13,18,22-23H,8,11,14-16H2,1-2H3. The number of piperidine rings is 1. The summed E-state index contributed by atoms with van der Waals surface area (Å²) in [5, 5.41) is 0. The van der Waals surface area contributed by atoms with Crippen molar-refractivity contribution in [2.24, 2.45) is 7.05 Å². The van der Waals surface area contributed by atoms with Gasteiger partial charge in [-0.3, -0.25) is 9.59 Å². The fourth-order valence-electron chi connectivity index (χ4n) is 5.06. The third-order valence-electron chi connectivity index (χ3n) is 6.79. The minimum Gasteiger partial charge on any atom is -0.356 e. The van der Waals surface area contributed by atoms with Crippen molar-refractivity contribution in [2.75, 3.05) is 26.7 Å². The topological polar surface area (TPSA) is 67.7 Å². The molecule has 3 heterocycles. The van der Waals surface area contributed by atoms with Crippen LogP contribution in [-0.4, -0.2) is 64.0 Å². The van der Waals surface area contributed by atoms with Gasteiger partial charge < -0.3 is 19.1 Å². The van der Waals surface area contributed by atoms with E-state index in [1.165, 1.54) is 0 Å². The molecule has 7 nitrogen and oxygen atoms in total. The van der Waals surface area contributed by atoms with Crippen LogP contribution in [0.3, 0.4) is 0 Å². The second-order valence-electron chi connectivity index (χ2n) is 8.73. The lowest BCUT2D eigenvalue weighted by atomic mass is 9.94. The molecule has 166 valence electrons. The summed E-state index contributed by atoms with van der Waals surface area (Å²) in [7, 11) is 3.79.